The van der Waals surface area contributed by atoms with Crippen LogP contribution in [0.4, 0.5) is 11.5 Å². The predicted octanol–water partition coefficient (Wildman–Crippen LogP) is 3.41. The normalized spacial score (nSPS) is 22.3. The summed E-state index contributed by atoms with van der Waals surface area (Å²) < 4.78 is 28.6. The molecule has 1 atom stereocenters. The lowest BCUT2D eigenvalue weighted by atomic mass is 9.81. The Morgan fingerprint density at radius 1 is 1.15 bits per heavy atom. The Labute approximate surface area is 201 Å². The van der Waals surface area contributed by atoms with Gasteiger partial charge in [0.2, 0.25) is 21.8 Å². The van der Waals surface area contributed by atoms with Crippen LogP contribution in [0.2, 0.25) is 0 Å². The van der Waals surface area contributed by atoms with Crippen LogP contribution in [0.3, 0.4) is 0 Å². The number of rotatable bonds is 6. The maximum absolute atomic E-state index is 12.9. The number of anilines is 2. The zero-order valence-electron chi connectivity index (χ0n) is 19.9. The third-order valence-corrected chi connectivity index (χ3v) is 8.37. The monoisotopic (exact) mass is 484 g/mol. The van der Waals surface area contributed by atoms with Crippen molar-refractivity contribution in [1.29, 1.82) is 0 Å². The summed E-state index contributed by atoms with van der Waals surface area (Å²) in [7, 11) is -3.65. The molecule has 0 spiro atoms. The molecule has 1 fully saturated rings. The van der Waals surface area contributed by atoms with Gasteiger partial charge in [-0.15, -0.1) is 0 Å². The van der Waals surface area contributed by atoms with Crippen molar-refractivity contribution in [2.24, 2.45) is 11.8 Å². The van der Waals surface area contributed by atoms with E-state index in [-0.39, 0.29) is 34.6 Å². The number of nitrogens with zero attached hydrogens (tertiary/aromatic N) is 2. The van der Waals surface area contributed by atoms with Crippen molar-refractivity contribution < 1.29 is 18.0 Å². The summed E-state index contributed by atoms with van der Waals surface area (Å²) in [5.74, 6) is 0.639. The second-order valence-corrected chi connectivity index (χ2v) is 11.2. The summed E-state index contributed by atoms with van der Waals surface area (Å²) in [6.07, 6.45) is 5.33. The number of hydrogen-bond donors (Lipinski definition) is 2. The van der Waals surface area contributed by atoms with Crippen molar-refractivity contribution >= 4 is 33.3 Å². The Bertz CT molecular complexity index is 1190. The molecule has 4 rings (SSSR count). The second-order valence-electron chi connectivity index (χ2n) is 9.46. The number of aryl methyl sites for hydroxylation is 1. The van der Waals surface area contributed by atoms with Crippen molar-refractivity contribution in [1.82, 2.24) is 9.71 Å². The first-order chi connectivity index (χ1) is 16.2. The molecule has 0 bridgehead atoms. The van der Waals surface area contributed by atoms with Gasteiger partial charge in [-0.1, -0.05) is 6.07 Å². The number of sulfonamides is 1. The minimum Gasteiger partial charge on any atom is -0.310 e. The predicted molar refractivity (Wildman–Crippen MR) is 131 cm³/mol. The lowest BCUT2D eigenvalue weighted by Crippen LogP contribution is -2.34. The zero-order valence-corrected chi connectivity index (χ0v) is 20.7. The average molecular weight is 485 g/mol. The summed E-state index contributed by atoms with van der Waals surface area (Å²) in [5, 5.41) is 2.92. The van der Waals surface area contributed by atoms with E-state index in [0.29, 0.717) is 18.8 Å². The molecule has 2 aromatic rings. The standard InChI is InChI=1S/C25H32N4O4S/c1-16-5-4-12-26-24(16)28-25(31)20-8-6-19(7-9-20)15-27-34(32,33)22-10-11-23-21(14-22)13-17(2)29(23)18(3)30/h4-5,10-12,14,17,19-20,27H,6-9,13,15H2,1-3H3,(H,26,28,31)/t17-,19?,20?/m1/s1. The minimum atomic E-state index is -3.65. The molecular formula is C25H32N4O4S. The average Bonchev–Trinajstić information content (AvgIpc) is 3.14. The topological polar surface area (TPSA) is 108 Å². The number of hydrogen-bond acceptors (Lipinski definition) is 5. The highest BCUT2D eigenvalue weighted by Gasteiger charge is 2.31. The number of aromatic nitrogens is 1. The number of carbonyl (C=O) groups is 2. The number of benzene rings is 1. The molecule has 2 aliphatic rings. The fourth-order valence-electron chi connectivity index (χ4n) is 5.03. The molecule has 0 radical (unpaired) electrons. The third-order valence-electron chi connectivity index (χ3n) is 6.95. The summed E-state index contributed by atoms with van der Waals surface area (Å²) in [6.45, 7) is 5.74. The first-order valence-electron chi connectivity index (χ1n) is 11.8. The van der Waals surface area contributed by atoms with E-state index in [1.54, 1.807) is 29.3 Å². The van der Waals surface area contributed by atoms with Crippen molar-refractivity contribution in [3.05, 3.63) is 47.7 Å². The Balaban J connectivity index is 1.31. The van der Waals surface area contributed by atoms with Gasteiger partial charge in [0.25, 0.3) is 0 Å². The number of nitrogens with one attached hydrogen (secondary N) is 2. The van der Waals surface area contributed by atoms with Crippen LogP contribution >= 0.6 is 0 Å². The molecule has 1 saturated carbocycles. The van der Waals surface area contributed by atoms with Gasteiger partial charge in [0.15, 0.2) is 0 Å². The molecule has 2 N–H and O–H groups in total. The molecule has 1 aliphatic heterocycles. The summed E-state index contributed by atoms with van der Waals surface area (Å²) >= 11 is 0. The molecule has 8 nitrogen and oxygen atoms in total. The van der Waals surface area contributed by atoms with E-state index in [1.165, 1.54) is 6.92 Å². The number of fused-ring (bicyclic) bond motifs is 1. The number of amides is 2. The fraction of sp³-hybridized carbons (Fsp3) is 0.480. The Kier molecular flexibility index (Phi) is 7.04. The molecule has 1 aromatic carbocycles. The molecule has 0 unspecified atom stereocenters. The van der Waals surface area contributed by atoms with E-state index in [4.69, 9.17) is 0 Å². The van der Waals surface area contributed by atoms with Crippen LogP contribution in [0.25, 0.3) is 0 Å². The maximum Gasteiger partial charge on any atom is 0.240 e. The summed E-state index contributed by atoms with van der Waals surface area (Å²) in [5.41, 5.74) is 2.59. The van der Waals surface area contributed by atoms with E-state index >= 15 is 0 Å². The fourth-order valence-corrected chi connectivity index (χ4v) is 6.20. The van der Waals surface area contributed by atoms with E-state index in [1.807, 2.05) is 26.0 Å². The smallest absolute Gasteiger partial charge is 0.240 e. The van der Waals surface area contributed by atoms with E-state index in [9.17, 15) is 18.0 Å². The molecule has 182 valence electrons. The summed E-state index contributed by atoms with van der Waals surface area (Å²) in [4.78, 5) is 30.7. The van der Waals surface area contributed by atoms with Crippen LogP contribution in [0.1, 0.15) is 50.7 Å². The van der Waals surface area contributed by atoms with E-state index in [0.717, 1.165) is 42.5 Å². The maximum atomic E-state index is 12.9. The van der Waals surface area contributed by atoms with Crippen LogP contribution < -0.4 is 14.9 Å². The van der Waals surface area contributed by atoms with E-state index < -0.39 is 10.0 Å². The van der Waals surface area contributed by atoms with E-state index in [2.05, 4.69) is 15.0 Å². The highest BCUT2D eigenvalue weighted by atomic mass is 32.2. The lowest BCUT2D eigenvalue weighted by molar-refractivity contribution is -0.121. The van der Waals surface area contributed by atoms with Gasteiger partial charge in [-0.3, -0.25) is 9.59 Å². The Morgan fingerprint density at radius 2 is 1.88 bits per heavy atom. The van der Waals surface area contributed by atoms with Crippen molar-refractivity contribution in [2.75, 3.05) is 16.8 Å². The van der Waals surface area contributed by atoms with Crippen molar-refractivity contribution in [2.45, 2.75) is 63.8 Å². The largest absolute Gasteiger partial charge is 0.310 e. The highest BCUT2D eigenvalue weighted by Crippen LogP contribution is 2.34. The quantitative estimate of drug-likeness (QED) is 0.653. The summed E-state index contributed by atoms with van der Waals surface area (Å²) in [6, 6.07) is 8.73. The molecule has 9 heteroatoms. The van der Waals surface area contributed by atoms with Crippen molar-refractivity contribution in [3.63, 3.8) is 0 Å². The minimum absolute atomic E-state index is 0.0206. The molecule has 2 heterocycles. The molecule has 0 saturated heterocycles. The first kappa shape index (κ1) is 24.3. The van der Waals surface area contributed by atoms with Crippen LogP contribution in [0.5, 0.6) is 0 Å². The molecule has 34 heavy (non-hydrogen) atoms. The highest BCUT2D eigenvalue weighted by molar-refractivity contribution is 7.89. The molecule has 1 aliphatic carbocycles. The Hall–Kier alpha value is -2.78. The van der Waals surface area contributed by atoms with Gasteiger partial charge in [-0.05, 0) is 87.3 Å². The third kappa shape index (κ3) is 5.15. The van der Waals surface area contributed by atoms with Gasteiger partial charge < -0.3 is 10.2 Å². The van der Waals surface area contributed by atoms with Crippen LogP contribution in [0, 0.1) is 18.8 Å². The van der Waals surface area contributed by atoms with Gasteiger partial charge in [0, 0.05) is 37.3 Å². The number of carbonyl (C=O) groups excluding carboxylic acids is 2. The first-order valence-corrected chi connectivity index (χ1v) is 13.3. The SMILES string of the molecule is CC(=O)N1c2ccc(S(=O)(=O)NCC3CCC(C(=O)Nc4ncccc4C)CC3)cc2C[C@H]1C. The van der Waals surface area contributed by atoms with Gasteiger partial charge in [-0.25, -0.2) is 18.1 Å². The molecule has 1 aromatic heterocycles. The molecular weight excluding hydrogens is 452 g/mol. The van der Waals surface area contributed by atoms with Gasteiger partial charge in [0.05, 0.1) is 4.90 Å². The van der Waals surface area contributed by atoms with Gasteiger partial charge in [-0.2, -0.15) is 0 Å². The zero-order chi connectivity index (χ0) is 24.5. The second kappa shape index (κ2) is 9.84. The lowest BCUT2D eigenvalue weighted by Gasteiger charge is -2.28. The van der Waals surface area contributed by atoms with Crippen LogP contribution in [-0.4, -0.2) is 37.8 Å². The molecule has 2 amide bonds. The van der Waals surface area contributed by atoms with Gasteiger partial charge in [0.1, 0.15) is 5.82 Å². The van der Waals surface area contributed by atoms with Crippen LogP contribution in [-0.2, 0) is 26.0 Å². The van der Waals surface area contributed by atoms with Crippen molar-refractivity contribution in [3.8, 4) is 0 Å². The number of pyridine rings is 1. The van der Waals surface area contributed by atoms with Crippen LogP contribution in [0.15, 0.2) is 41.4 Å². The Morgan fingerprint density at radius 3 is 2.56 bits per heavy atom. The van der Waals surface area contributed by atoms with Gasteiger partial charge >= 0.3 is 0 Å².